The summed E-state index contributed by atoms with van der Waals surface area (Å²) in [6.07, 6.45) is 1.82. The molecular formula is C24H25N3O2S. The van der Waals surface area contributed by atoms with E-state index < -0.39 is 0 Å². The zero-order valence-electron chi connectivity index (χ0n) is 17.1. The van der Waals surface area contributed by atoms with Gasteiger partial charge in [-0.05, 0) is 49.6 Å². The average molecular weight is 420 g/mol. The van der Waals surface area contributed by atoms with Crippen LogP contribution in [0.5, 0.6) is 0 Å². The van der Waals surface area contributed by atoms with Crippen LogP contribution in [0.2, 0.25) is 0 Å². The molecule has 2 aromatic heterocycles. The molecule has 0 N–H and O–H groups in total. The minimum Gasteiger partial charge on any atom is -0.380 e. The summed E-state index contributed by atoms with van der Waals surface area (Å²) in [4.78, 5) is 25.0. The third-order valence-corrected chi connectivity index (χ3v) is 6.85. The molecule has 154 valence electrons. The van der Waals surface area contributed by atoms with Crippen molar-refractivity contribution in [3.63, 3.8) is 0 Å². The summed E-state index contributed by atoms with van der Waals surface area (Å²) in [5.74, 6) is 0.812. The Morgan fingerprint density at radius 3 is 2.90 bits per heavy atom. The van der Waals surface area contributed by atoms with Gasteiger partial charge in [0.2, 0.25) is 0 Å². The quantitative estimate of drug-likeness (QED) is 0.611. The van der Waals surface area contributed by atoms with E-state index in [1.807, 2.05) is 41.3 Å². The van der Waals surface area contributed by atoms with E-state index in [0.717, 1.165) is 49.6 Å². The Bertz CT molecular complexity index is 1070. The van der Waals surface area contributed by atoms with Crippen LogP contribution in [-0.4, -0.2) is 43.7 Å². The SMILES string of the molecule is Cc1cc2c(s1)-c1ccccc1N(C(=O)c1cccc(N3CCCOCC3)n1)CC2. The highest BCUT2D eigenvalue weighted by Crippen LogP contribution is 2.41. The number of hydrogen-bond donors (Lipinski definition) is 0. The van der Waals surface area contributed by atoms with E-state index >= 15 is 0 Å². The Hall–Kier alpha value is -2.70. The number of fused-ring (bicyclic) bond motifs is 3. The molecule has 0 bridgehead atoms. The van der Waals surface area contributed by atoms with E-state index in [4.69, 9.17) is 9.72 Å². The molecule has 1 fully saturated rings. The summed E-state index contributed by atoms with van der Waals surface area (Å²) in [7, 11) is 0. The van der Waals surface area contributed by atoms with Crippen LogP contribution in [0.15, 0.2) is 48.5 Å². The zero-order valence-corrected chi connectivity index (χ0v) is 18.0. The molecule has 30 heavy (non-hydrogen) atoms. The van der Waals surface area contributed by atoms with Gasteiger partial charge in [-0.3, -0.25) is 4.79 Å². The fourth-order valence-electron chi connectivity index (χ4n) is 4.28. The maximum Gasteiger partial charge on any atom is 0.276 e. The highest BCUT2D eigenvalue weighted by atomic mass is 32.1. The third-order valence-electron chi connectivity index (χ3n) is 5.72. The number of benzene rings is 1. The Balaban J connectivity index is 1.48. The first-order valence-corrected chi connectivity index (χ1v) is 11.3. The smallest absolute Gasteiger partial charge is 0.276 e. The van der Waals surface area contributed by atoms with Crippen LogP contribution >= 0.6 is 11.3 Å². The molecule has 5 nitrogen and oxygen atoms in total. The van der Waals surface area contributed by atoms with E-state index in [0.29, 0.717) is 18.8 Å². The monoisotopic (exact) mass is 419 g/mol. The van der Waals surface area contributed by atoms with Crippen LogP contribution in [0.4, 0.5) is 11.5 Å². The predicted molar refractivity (Wildman–Crippen MR) is 122 cm³/mol. The first kappa shape index (κ1) is 19.3. The van der Waals surface area contributed by atoms with Crippen molar-refractivity contribution in [3.05, 3.63) is 64.7 Å². The lowest BCUT2D eigenvalue weighted by Gasteiger charge is -2.24. The summed E-state index contributed by atoms with van der Waals surface area (Å²) < 4.78 is 5.56. The van der Waals surface area contributed by atoms with Crippen molar-refractivity contribution in [1.29, 1.82) is 0 Å². The van der Waals surface area contributed by atoms with Crippen molar-refractivity contribution in [1.82, 2.24) is 4.98 Å². The van der Waals surface area contributed by atoms with Crippen LogP contribution in [0.3, 0.4) is 0 Å². The summed E-state index contributed by atoms with van der Waals surface area (Å²) in [5.41, 5.74) is 3.93. The molecule has 2 aliphatic rings. The number of amides is 1. The van der Waals surface area contributed by atoms with Crippen molar-refractivity contribution in [2.45, 2.75) is 19.8 Å². The summed E-state index contributed by atoms with van der Waals surface area (Å²) in [6.45, 7) is 5.98. The number of aromatic nitrogens is 1. The van der Waals surface area contributed by atoms with Crippen LogP contribution in [0.25, 0.3) is 10.4 Å². The first-order valence-electron chi connectivity index (χ1n) is 10.5. The van der Waals surface area contributed by atoms with Gasteiger partial charge in [-0.2, -0.15) is 0 Å². The molecule has 0 atom stereocenters. The molecular weight excluding hydrogens is 394 g/mol. The molecule has 3 aromatic rings. The van der Waals surface area contributed by atoms with Gasteiger partial charge < -0.3 is 14.5 Å². The Kier molecular flexibility index (Phi) is 5.27. The summed E-state index contributed by atoms with van der Waals surface area (Å²) >= 11 is 1.81. The van der Waals surface area contributed by atoms with Crippen LogP contribution < -0.4 is 9.80 Å². The molecule has 0 spiro atoms. The Morgan fingerprint density at radius 1 is 1.07 bits per heavy atom. The van der Waals surface area contributed by atoms with Gasteiger partial charge in [-0.1, -0.05) is 24.3 Å². The van der Waals surface area contributed by atoms with Gasteiger partial charge in [0.05, 0.1) is 12.3 Å². The number of carbonyl (C=O) groups excluding carboxylic acids is 1. The predicted octanol–water partition coefficient (Wildman–Crippen LogP) is 4.55. The molecule has 5 rings (SSSR count). The van der Waals surface area contributed by atoms with E-state index in [1.165, 1.54) is 15.3 Å². The van der Waals surface area contributed by atoms with Crippen molar-refractivity contribution in [3.8, 4) is 10.4 Å². The molecule has 1 aromatic carbocycles. The lowest BCUT2D eigenvalue weighted by Crippen LogP contribution is -2.34. The third kappa shape index (κ3) is 3.61. The molecule has 0 unspecified atom stereocenters. The molecule has 2 aliphatic heterocycles. The number of aryl methyl sites for hydroxylation is 1. The van der Waals surface area contributed by atoms with Gasteiger partial charge in [0.1, 0.15) is 11.5 Å². The topological polar surface area (TPSA) is 45.7 Å². The van der Waals surface area contributed by atoms with Crippen molar-refractivity contribution < 1.29 is 9.53 Å². The maximum absolute atomic E-state index is 13.6. The fraction of sp³-hybridized carbons (Fsp3) is 0.333. The molecule has 6 heteroatoms. The number of anilines is 2. The number of para-hydroxylation sites is 1. The number of pyridine rings is 1. The van der Waals surface area contributed by atoms with Gasteiger partial charge in [-0.25, -0.2) is 4.98 Å². The van der Waals surface area contributed by atoms with E-state index in [1.54, 1.807) is 11.3 Å². The Morgan fingerprint density at radius 2 is 1.97 bits per heavy atom. The second kappa shape index (κ2) is 8.20. The first-order chi connectivity index (χ1) is 14.7. The molecule has 1 saturated heterocycles. The largest absolute Gasteiger partial charge is 0.380 e. The number of hydrogen-bond acceptors (Lipinski definition) is 5. The second-order valence-electron chi connectivity index (χ2n) is 7.77. The number of thiophene rings is 1. The molecule has 0 saturated carbocycles. The lowest BCUT2D eigenvalue weighted by atomic mass is 10.1. The molecule has 0 radical (unpaired) electrons. The van der Waals surface area contributed by atoms with Crippen LogP contribution in [-0.2, 0) is 11.2 Å². The van der Waals surface area contributed by atoms with Gasteiger partial charge in [0, 0.05) is 41.6 Å². The number of carbonyl (C=O) groups is 1. The molecule has 0 aliphatic carbocycles. The zero-order chi connectivity index (χ0) is 20.5. The van der Waals surface area contributed by atoms with Gasteiger partial charge in [0.25, 0.3) is 5.91 Å². The van der Waals surface area contributed by atoms with Crippen LogP contribution in [0, 0.1) is 6.92 Å². The highest BCUT2D eigenvalue weighted by molar-refractivity contribution is 7.15. The summed E-state index contributed by atoms with van der Waals surface area (Å²) in [5, 5.41) is 0. The maximum atomic E-state index is 13.6. The minimum atomic E-state index is -0.0396. The van der Waals surface area contributed by atoms with E-state index in [-0.39, 0.29) is 5.91 Å². The van der Waals surface area contributed by atoms with E-state index in [2.05, 4.69) is 24.0 Å². The highest BCUT2D eigenvalue weighted by Gasteiger charge is 2.27. The van der Waals surface area contributed by atoms with Gasteiger partial charge >= 0.3 is 0 Å². The standard InChI is InChI=1S/C24H25N3O2S/c1-17-16-18-10-12-27(21-8-3-2-6-19(21)23(18)30-17)24(28)20-7-4-9-22(25-20)26-11-5-14-29-15-13-26/h2-4,6-9,16H,5,10-15H2,1H3. The minimum absolute atomic E-state index is 0.0396. The van der Waals surface area contributed by atoms with Gasteiger partial charge in [0.15, 0.2) is 0 Å². The van der Waals surface area contributed by atoms with Crippen molar-refractivity contribution in [2.24, 2.45) is 0 Å². The second-order valence-corrected chi connectivity index (χ2v) is 9.03. The Labute approximate surface area is 180 Å². The fourth-order valence-corrected chi connectivity index (χ4v) is 5.37. The number of nitrogens with zero attached hydrogens (tertiary/aromatic N) is 3. The summed E-state index contributed by atoms with van der Waals surface area (Å²) in [6, 6.07) is 16.2. The van der Waals surface area contributed by atoms with Crippen molar-refractivity contribution >= 4 is 28.7 Å². The number of ether oxygens (including phenoxy) is 1. The van der Waals surface area contributed by atoms with E-state index in [9.17, 15) is 4.79 Å². The lowest BCUT2D eigenvalue weighted by molar-refractivity contribution is 0.0983. The van der Waals surface area contributed by atoms with Crippen LogP contribution in [0.1, 0.15) is 27.3 Å². The molecule has 1 amide bonds. The normalized spacial score (nSPS) is 16.4. The molecule has 4 heterocycles. The van der Waals surface area contributed by atoms with Crippen molar-refractivity contribution in [2.75, 3.05) is 42.6 Å². The number of rotatable bonds is 2. The average Bonchev–Trinajstić information content (AvgIpc) is 2.94. The van der Waals surface area contributed by atoms with Gasteiger partial charge in [-0.15, -0.1) is 11.3 Å².